The lowest BCUT2D eigenvalue weighted by molar-refractivity contribution is -0.142. The van der Waals surface area contributed by atoms with Crippen molar-refractivity contribution in [2.45, 2.75) is 72.4 Å². The Morgan fingerprint density at radius 2 is 1.67 bits per heavy atom. The van der Waals surface area contributed by atoms with Gasteiger partial charge in [0, 0.05) is 37.0 Å². The van der Waals surface area contributed by atoms with Gasteiger partial charge >= 0.3 is 0 Å². The molecule has 0 aliphatic carbocycles. The van der Waals surface area contributed by atoms with Crippen LogP contribution in [0.25, 0.3) is 0 Å². The van der Waals surface area contributed by atoms with Crippen LogP contribution >= 0.6 is 0 Å². The van der Waals surface area contributed by atoms with Crippen molar-refractivity contribution in [3.05, 3.63) is 35.6 Å². The fourth-order valence-electron chi connectivity index (χ4n) is 4.33. The highest BCUT2D eigenvalue weighted by Crippen LogP contribution is 2.25. The summed E-state index contributed by atoms with van der Waals surface area (Å²) in [4.78, 5) is 52.4. The lowest BCUT2D eigenvalue weighted by Crippen LogP contribution is -2.58. The lowest BCUT2D eigenvalue weighted by atomic mass is 9.84. The van der Waals surface area contributed by atoms with Crippen LogP contribution in [0.5, 0.6) is 0 Å². The maximum absolute atomic E-state index is 13.5. The van der Waals surface area contributed by atoms with Gasteiger partial charge in [-0.25, -0.2) is 9.87 Å². The Morgan fingerprint density at radius 3 is 2.17 bits per heavy atom. The maximum Gasteiger partial charge on any atom is 0.251 e. The van der Waals surface area contributed by atoms with Crippen LogP contribution in [0.2, 0.25) is 0 Å². The Morgan fingerprint density at radius 1 is 1.08 bits per heavy atom. The summed E-state index contributed by atoms with van der Waals surface area (Å²) in [6, 6.07) is 4.40. The van der Waals surface area contributed by atoms with Crippen molar-refractivity contribution in [3.8, 4) is 0 Å². The molecular formula is C26H39FN4O5. The van der Waals surface area contributed by atoms with E-state index in [-0.39, 0.29) is 30.2 Å². The Bertz CT molecular complexity index is 921. The van der Waals surface area contributed by atoms with Gasteiger partial charge in [-0.2, -0.15) is 0 Å². The van der Waals surface area contributed by atoms with E-state index in [0.29, 0.717) is 37.9 Å². The summed E-state index contributed by atoms with van der Waals surface area (Å²) in [6.07, 6.45) is 1.36. The number of halogens is 1. The van der Waals surface area contributed by atoms with Crippen LogP contribution in [0.1, 0.15) is 70.7 Å². The standard InChI is InChI=1S/C26H39FN4O5/c1-16(2)14-18(15-21(32)30-36)24(34)29-22(26(3,4)5)25(35)31-12-10-20(11-13-31)28-23(33)17-6-8-19(27)9-7-17/h6-9,16,18,20,22,36H,10-15H2,1-5H3,(H,28,33)(H,29,34)(H,30,32)/t18?,22-/m1/s1. The lowest BCUT2D eigenvalue weighted by Gasteiger charge is -2.39. The minimum atomic E-state index is -0.804. The number of hydroxylamine groups is 1. The first-order chi connectivity index (χ1) is 16.8. The highest BCUT2D eigenvalue weighted by Gasteiger charge is 2.38. The minimum Gasteiger partial charge on any atom is -0.349 e. The molecule has 36 heavy (non-hydrogen) atoms. The molecular weight excluding hydrogens is 467 g/mol. The molecule has 2 atom stereocenters. The number of carbonyl (C=O) groups excluding carboxylic acids is 4. The number of carbonyl (C=O) groups is 4. The maximum atomic E-state index is 13.5. The van der Waals surface area contributed by atoms with E-state index in [4.69, 9.17) is 5.21 Å². The predicted octanol–water partition coefficient (Wildman–Crippen LogP) is 2.64. The number of nitrogens with zero attached hydrogens (tertiary/aromatic N) is 1. The number of amides is 4. The first-order valence-electron chi connectivity index (χ1n) is 12.4. The number of rotatable bonds is 9. The van der Waals surface area contributed by atoms with E-state index in [1.165, 1.54) is 24.3 Å². The summed E-state index contributed by atoms with van der Waals surface area (Å²) >= 11 is 0. The zero-order valence-electron chi connectivity index (χ0n) is 21.8. The molecule has 1 unspecified atom stereocenters. The smallest absolute Gasteiger partial charge is 0.251 e. The summed E-state index contributed by atoms with van der Waals surface area (Å²) in [5, 5.41) is 14.7. The number of nitrogens with one attached hydrogen (secondary N) is 3. The third kappa shape index (κ3) is 8.58. The summed E-state index contributed by atoms with van der Waals surface area (Å²) in [7, 11) is 0. The molecule has 9 nitrogen and oxygen atoms in total. The monoisotopic (exact) mass is 506 g/mol. The largest absolute Gasteiger partial charge is 0.349 e. The quantitative estimate of drug-likeness (QED) is 0.302. The first-order valence-corrected chi connectivity index (χ1v) is 12.4. The second kappa shape index (κ2) is 12.8. The van der Waals surface area contributed by atoms with Gasteiger partial charge in [-0.1, -0.05) is 34.6 Å². The van der Waals surface area contributed by atoms with Gasteiger partial charge in [0.05, 0.1) is 0 Å². The average molecular weight is 507 g/mol. The second-order valence-corrected chi connectivity index (χ2v) is 11.0. The zero-order valence-corrected chi connectivity index (χ0v) is 21.8. The molecule has 10 heteroatoms. The molecule has 1 aromatic rings. The number of likely N-dealkylation sites (tertiary alicyclic amines) is 1. The van der Waals surface area contributed by atoms with Gasteiger partial charge < -0.3 is 15.5 Å². The van der Waals surface area contributed by atoms with Crippen LogP contribution in [-0.4, -0.2) is 58.9 Å². The van der Waals surface area contributed by atoms with E-state index in [1.807, 2.05) is 34.6 Å². The van der Waals surface area contributed by atoms with Crippen LogP contribution in [0.4, 0.5) is 4.39 Å². The number of hydrogen-bond acceptors (Lipinski definition) is 5. The topological polar surface area (TPSA) is 128 Å². The Balaban J connectivity index is 2.01. The van der Waals surface area contributed by atoms with Crippen molar-refractivity contribution in [1.82, 2.24) is 21.0 Å². The molecule has 200 valence electrons. The van der Waals surface area contributed by atoms with E-state index < -0.39 is 35.0 Å². The van der Waals surface area contributed by atoms with Crippen molar-refractivity contribution >= 4 is 23.6 Å². The molecule has 1 heterocycles. The van der Waals surface area contributed by atoms with Crippen LogP contribution in [-0.2, 0) is 14.4 Å². The van der Waals surface area contributed by atoms with Gasteiger partial charge in [0.25, 0.3) is 5.91 Å². The van der Waals surface area contributed by atoms with E-state index >= 15 is 0 Å². The fraction of sp³-hybridized carbons (Fsp3) is 0.615. The van der Waals surface area contributed by atoms with E-state index in [1.54, 1.807) is 10.4 Å². The molecule has 0 bridgehead atoms. The fourth-order valence-corrected chi connectivity index (χ4v) is 4.33. The number of piperidine rings is 1. The van der Waals surface area contributed by atoms with Crippen molar-refractivity contribution < 1.29 is 28.8 Å². The number of benzene rings is 1. The summed E-state index contributed by atoms with van der Waals surface area (Å²) < 4.78 is 13.1. The molecule has 0 saturated carbocycles. The Kier molecular flexibility index (Phi) is 10.4. The summed E-state index contributed by atoms with van der Waals surface area (Å²) in [5.41, 5.74) is 1.36. The van der Waals surface area contributed by atoms with Gasteiger partial charge in [0.2, 0.25) is 17.7 Å². The van der Waals surface area contributed by atoms with Gasteiger partial charge in [0.15, 0.2) is 0 Å². The van der Waals surface area contributed by atoms with Crippen molar-refractivity contribution in [3.63, 3.8) is 0 Å². The second-order valence-electron chi connectivity index (χ2n) is 11.0. The zero-order chi connectivity index (χ0) is 27.0. The number of hydrogen-bond donors (Lipinski definition) is 4. The first kappa shape index (κ1) is 29.2. The van der Waals surface area contributed by atoms with E-state index in [2.05, 4.69) is 10.6 Å². The molecule has 0 aromatic heterocycles. The van der Waals surface area contributed by atoms with Gasteiger partial charge in [0.1, 0.15) is 11.9 Å². The van der Waals surface area contributed by atoms with E-state index in [9.17, 15) is 23.6 Å². The summed E-state index contributed by atoms with van der Waals surface area (Å²) in [6.45, 7) is 10.3. The molecule has 1 fully saturated rings. The molecule has 4 amide bonds. The van der Waals surface area contributed by atoms with Gasteiger partial charge in [-0.3, -0.25) is 24.4 Å². The predicted molar refractivity (Wildman–Crippen MR) is 132 cm³/mol. The molecule has 4 N–H and O–H groups in total. The normalized spacial score (nSPS) is 16.3. The average Bonchev–Trinajstić information content (AvgIpc) is 2.81. The van der Waals surface area contributed by atoms with Gasteiger partial charge in [-0.05, 0) is 54.9 Å². The van der Waals surface area contributed by atoms with Crippen molar-refractivity contribution in [1.29, 1.82) is 0 Å². The van der Waals surface area contributed by atoms with Gasteiger partial charge in [-0.15, -0.1) is 0 Å². The molecule has 0 spiro atoms. The van der Waals surface area contributed by atoms with E-state index in [0.717, 1.165) is 0 Å². The van der Waals surface area contributed by atoms with Crippen LogP contribution in [0.15, 0.2) is 24.3 Å². The van der Waals surface area contributed by atoms with Crippen molar-refractivity contribution in [2.75, 3.05) is 13.1 Å². The Hall–Kier alpha value is -3.01. The van der Waals surface area contributed by atoms with Crippen LogP contribution in [0.3, 0.4) is 0 Å². The summed E-state index contributed by atoms with van der Waals surface area (Å²) in [5.74, 6) is -2.51. The third-order valence-electron chi connectivity index (χ3n) is 6.33. The van der Waals surface area contributed by atoms with Crippen LogP contribution < -0.4 is 16.1 Å². The van der Waals surface area contributed by atoms with Crippen molar-refractivity contribution in [2.24, 2.45) is 17.3 Å². The molecule has 0 radical (unpaired) electrons. The highest BCUT2D eigenvalue weighted by atomic mass is 19.1. The molecule has 1 saturated heterocycles. The SMILES string of the molecule is CC(C)CC(CC(=O)NO)C(=O)N[C@H](C(=O)N1CCC(NC(=O)c2ccc(F)cc2)CC1)C(C)(C)C. The Labute approximate surface area is 212 Å². The molecule has 2 rings (SSSR count). The molecule has 1 aliphatic heterocycles. The molecule has 1 aliphatic rings. The molecule has 1 aromatic carbocycles. The van der Waals surface area contributed by atoms with Crippen LogP contribution in [0, 0.1) is 23.1 Å². The third-order valence-corrected chi connectivity index (χ3v) is 6.33. The minimum absolute atomic E-state index is 0.123. The highest BCUT2D eigenvalue weighted by molar-refractivity contribution is 5.94.